The molecule has 0 saturated carbocycles. The lowest BCUT2D eigenvalue weighted by atomic mass is 9.85. The summed E-state index contributed by atoms with van der Waals surface area (Å²) in [6.07, 6.45) is 4.07. The molecule has 0 amide bonds. The van der Waals surface area contributed by atoms with Gasteiger partial charge in [0.1, 0.15) is 5.78 Å². The molecule has 0 radical (unpaired) electrons. The number of hydrogen-bond acceptors (Lipinski definition) is 2. The van der Waals surface area contributed by atoms with E-state index in [1.807, 2.05) is 6.92 Å². The number of rotatable bonds is 5. The molecule has 2 heteroatoms. The summed E-state index contributed by atoms with van der Waals surface area (Å²) in [6, 6.07) is 8.61. The Balaban J connectivity index is 0.000000251. The first-order valence-corrected chi connectivity index (χ1v) is 9.30. The minimum Gasteiger partial charge on any atom is -0.375 e. The normalized spacial score (nSPS) is 14.1. The van der Waals surface area contributed by atoms with Gasteiger partial charge in [-0.2, -0.15) is 0 Å². The van der Waals surface area contributed by atoms with Crippen LogP contribution in [0.2, 0.25) is 0 Å². The Bertz CT molecular complexity index is 607. The Kier molecular flexibility index (Phi) is 8.15. The van der Waals surface area contributed by atoms with Gasteiger partial charge in [-0.25, -0.2) is 0 Å². The van der Waals surface area contributed by atoms with Crippen molar-refractivity contribution in [2.45, 2.75) is 65.7 Å². The third-order valence-corrected chi connectivity index (χ3v) is 4.52. The topological polar surface area (TPSA) is 20.3 Å². The minimum atomic E-state index is 0.228. The highest BCUT2D eigenvalue weighted by Crippen LogP contribution is 2.24. The molecule has 2 rings (SSSR count). The zero-order valence-electron chi connectivity index (χ0n) is 16.8. The summed E-state index contributed by atoms with van der Waals surface area (Å²) in [4.78, 5) is 13.0. The molecule has 1 aromatic rings. The molecule has 1 fully saturated rings. The first-order valence-electron chi connectivity index (χ1n) is 9.30. The molecule has 25 heavy (non-hydrogen) atoms. The molecule has 1 saturated heterocycles. The number of nitrogens with zero attached hydrogens (tertiary/aromatic N) is 1. The molecule has 1 aromatic carbocycles. The zero-order chi connectivity index (χ0) is 19.0. The van der Waals surface area contributed by atoms with Gasteiger partial charge in [0.15, 0.2) is 0 Å². The van der Waals surface area contributed by atoms with Crippen LogP contribution in [0.25, 0.3) is 5.57 Å². The third-order valence-electron chi connectivity index (χ3n) is 4.52. The van der Waals surface area contributed by atoms with Gasteiger partial charge in [-0.1, -0.05) is 63.8 Å². The van der Waals surface area contributed by atoms with Crippen LogP contribution in [-0.4, -0.2) is 23.8 Å². The lowest BCUT2D eigenvalue weighted by molar-refractivity contribution is -0.117. The summed E-state index contributed by atoms with van der Waals surface area (Å²) in [5.74, 6) is 0.291. The summed E-state index contributed by atoms with van der Waals surface area (Å²) in [6.45, 7) is 20.4. The average Bonchev–Trinajstić information content (AvgIpc) is 2.92. The van der Waals surface area contributed by atoms with Crippen molar-refractivity contribution in [2.75, 3.05) is 13.1 Å². The summed E-state index contributed by atoms with van der Waals surface area (Å²) in [7, 11) is 0. The molecule has 1 heterocycles. The highest BCUT2D eigenvalue weighted by atomic mass is 16.1. The Morgan fingerprint density at radius 1 is 1.24 bits per heavy atom. The molecular weight excluding hydrogens is 306 g/mol. The van der Waals surface area contributed by atoms with E-state index in [4.69, 9.17) is 0 Å². The van der Waals surface area contributed by atoms with Crippen LogP contribution < -0.4 is 0 Å². The summed E-state index contributed by atoms with van der Waals surface area (Å²) < 4.78 is 0. The van der Waals surface area contributed by atoms with E-state index >= 15 is 0 Å². The molecule has 0 aliphatic carbocycles. The number of likely N-dealkylation sites (tertiary alicyclic amines) is 1. The summed E-state index contributed by atoms with van der Waals surface area (Å²) in [5.41, 5.74) is 5.22. The maximum absolute atomic E-state index is 10.7. The van der Waals surface area contributed by atoms with Crippen molar-refractivity contribution in [3.63, 3.8) is 0 Å². The Labute approximate surface area is 154 Å². The number of Topliss-reactive ketones (excluding diaryl/α,β-unsaturated/α-hetero) is 1. The van der Waals surface area contributed by atoms with Crippen molar-refractivity contribution in [1.29, 1.82) is 0 Å². The third kappa shape index (κ3) is 7.72. The van der Waals surface area contributed by atoms with Crippen molar-refractivity contribution >= 4 is 11.4 Å². The van der Waals surface area contributed by atoms with Crippen LogP contribution in [0.15, 0.2) is 43.1 Å². The van der Waals surface area contributed by atoms with Gasteiger partial charge in [-0.3, -0.25) is 0 Å². The van der Waals surface area contributed by atoms with Crippen LogP contribution in [0.1, 0.15) is 71.4 Å². The van der Waals surface area contributed by atoms with E-state index < -0.39 is 0 Å². The number of allylic oxidation sites excluding steroid dienone is 2. The van der Waals surface area contributed by atoms with Crippen LogP contribution in [0.5, 0.6) is 0 Å². The number of carbonyl (C=O) groups excluding carboxylic acids is 1. The molecular formula is C23H35NO. The first kappa shape index (κ1) is 21.2. The average molecular weight is 342 g/mol. The molecule has 1 aliphatic rings. The van der Waals surface area contributed by atoms with Crippen molar-refractivity contribution in [3.05, 3.63) is 54.2 Å². The van der Waals surface area contributed by atoms with Crippen molar-refractivity contribution in [2.24, 2.45) is 0 Å². The van der Waals surface area contributed by atoms with Gasteiger partial charge in [0.05, 0.1) is 0 Å². The first-order chi connectivity index (χ1) is 11.6. The van der Waals surface area contributed by atoms with Gasteiger partial charge >= 0.3 is 0 Å². The fourth-order valence-corrected chi connectivity index (χ4v) is 2.83. The van der Waals surface area contributed by atoms with E-state index in [0.717, 1.165) is 31.5 Å². The lowest BCUT2D eigenvalue weighted by Gasteiger charge is -2.19. The second-order valence-corrected chi connectivity index (χ2v) is 8.07. The summed E-state index contributed by atoms with van der Waals surface area (Å²) >= 11 is 0. The van der Waals surface area contributed by atoms with Gasteiger partial charge in [0.25, 0.3) is 0 Å². The second kappa shape index (κ2) is 9.60. The Hall–Kier alpha value is -1.83. The summed E-state index contributed by atoms with van der Waals surface area (Å²) in [5, 5.41) is 0. The Morgan fingerprint density at radius 2 is 1.92 bits per heavy atom. The van der Waals surface area contributed by atoms with Crippen molar-refractivity contribution in [1.82, 2.24) is 4.90 Å². The van der Waals surface area contributed by atoms with Crippen LogP contribution in [-0.2, 0) is 10.2 Å². The number of ketones is 1. The fraction of sp³-hybridized carbons (Fsp3) is 0.522. The number of benzene rings is 1. The standard InChI is InChI=1S/C13H18.C10H17NO/c1-10(2)11-7-6-8-12(9-11)13(3,4)5;1-9-5-3-7-11(9)8-4-6-10(2)12/h6-9H,1H2,2-5H3;1,3-8H2,2H3. The van der Waals surface area contributed by atoms with Crippen molar-refractivity contribution < 1.29 is 4.79 Å². The number of carbonyl (C=O) groups is 1. The Morgan fingerprint density at radius 3 is 2.40 bits per heavy atom. The molecule has 0 unspecified atom stereocenters. The molecule has 0 atom stereocenters. The zero-order valence-corrected chi connectivity index (χ0v) is 16.8. The molecule has 0 aromatic heterocycles. The maximum Gasteiger partial charge on any atom is 0.129 e. The number of hydrogen-bond donors (Lipinski definition) is 0. The smallest absolute Gasteiger partial charge is 0.129 e. The molecule has 138 valence electrons. The monoisotopic (exact) mass is 341 g/mol. The molecule has 2 nitrogen and oxygen atoms in total. The largest absolute Gasteiger partial charge is 0.375 e. The highest BCUT2D eigenvalue weighted by Gasteiger charge is 2.14. The van der Waals surface area contributed by atoms with E-state index in [-0.39, 0.29) is 5.41 Å². The van der Waals surface area contributed by atoms with Crippen LogP contribution >= 0.6 is 0 Å². The van der Waals surface area contributed by atoms with E-state index in [1.165, 1.54) is 23.2 Å². The predicted octanol–water partition coefficient (Wildman–Crippen LogP) is 5.98. The highest BCUT2D eigenvalue weighted by molar-refractivity contribution is 5.75. The van der Waals surface area contributed by atoms with Crippen molar-refractivity contribution in [3.8, 4) is 0 Å². The molecule has 0 bridgehead atoms. The predicted molar refractivity (Wildman–Crippen MR) is 110 cm³/mol. The van der Waals surface area contributed by atoms with E-state index in [9.17, 15) is 4.79 Å². The van der Waals surface area contributed by atoms with Gasteiger partial charge in [0.2, 0.25) is 0 Å². The van der Waals surface area contributed by atoms with Gasteiger partial charge in [-0.05, 0) is 49.7 Å². The molecule has 1 aliphatic heterocycles. The van der Waals surface area contributed by atoms with E-state index in [2.05, 4.69) is 63.1 Å². The molecule has 0 N–H and O–H groups in total. The molecule has 0 spiro atoms. The fourth-order valence-electron chi connectivity index (χ4n) is 2.83. The minimum absolute atomic E-state index is 0.228. The van der Waals surface area contributed by atoms with E-state index in [1.54, 1.807) is 6.92 Å². The van der Waals surface area contributed by atoms with E-state index in [0.29, 0.717) is 12.2 Å². The van der Waals surface area contributed by atoms with Gasteiger partial charge in [0, 0.05) is 25.2 Å². The van der Waals surface area contributed by atoms with Crippen LogP contribution in [0.3, 0.4) is 0 Å². The SMILES string of the molecule is C=C(C)c1cccc(C(C)(C)C)c1.C=C1CCCN1CCCC(C)=O. The maximum atomic E-state index is 10.7. The second-order valence-electron chi connectivity index (χ2n) is 8.07. The van der Waals surface area contributed by atoms with Gasteiger partial charge < -0.3 is 9.69 Å². The van der Waals surface area contributed by atoms with Gasteiger partial charge in [-0.15, -0.1) is 0 Å². The lowest BCUT2D eigenvalue weighted by Crippen LogP contribution is -2.18. The quantitative estimate of drug-likeness (QED) is 0.656. The van der Waals surface area contributed by atoms with Crippen LogP contribution in [0.4, 0.5) is 0 Å². The van der Waals surface area contributed by atoms with Crippen LogP contribution in [0, 0.1) is 0 Å².